The van der Waals surface area contributed by atoms with Crippen LogP contribution in [0, 0.1) is 47.3 Å². The zero-order chi connectivity index (χ0) is 33.9. The molecule has 0 radical (unpaired) electrons. The topological polar surface area (TPSA) is 40.5 Å². The average Bonchev–Trinajstić information content (AvgIpc) is 2.97. The number of rotatable bonds is 28. The van der Waals surface area contributed by atoms with E-state index in [1.54, 1.807) is 0 Å². The lowest BCUT2D eigenvalue weighted by Gasteiger charge is -2.24. The third-order valence-corrected chi connectivity index (χ3v) is 11.1. The highest BCUT2D eigenvalue weighted by atomic mass is 16.3. The highest BCUT2D eigenvalue weighted by Gasteiger charge is 2.17. The highest BCUT2D eigenvalue weighted by Crippen LogP contribution is 2.28. The molecular weight excluding hydrogens is 536 g/mol. The molecule has 0 aliphatic heterocycles. The van der Waals surface area contributed by atoms with Gasteiger partial charge in [0.2, 0.25) is 0 Å². The smallest absolute Gasteiger partial charge is 0.0565 e. The molecule has 268 valence electrons. The lowest BCUT2D eigenvalue weighted by atomic mass is 9.81. The van der Waals surface area contributed by atoms with Gasteiger partial charge in [0, 0.05) is 0 Å². The van der Waals surface area contributed by atoms with Crippen molar-refractivity contribution in [1.82, 2.24) is 0 Å². The van der Waals surface area contributed by atoms with Gasteiger partial charge in [-0.25, -0.2) is 0 Å². The number of hydrogen-bond donors (Lipinski definition) is 2. The van der Waals surface area contributed by atoms with Gasteiger partial charge in [-0.3, -0.25) is 0 Å². The monoisotopic (exact) mass is 625 g/mol. The molecule has 0 saturated heterocycles. The van der Waals surface area contributed by atoms with Crippen molar-refractivity contribution in [3.63, 3.8) is 0 Å². The van der Waals surface area contributed by atoms with Crippen molar-refractivity contribution < 1.29 is 10.2 Å². The van der Waals surface area contributed by atoms with E-state index in [1.165, 1.54) is 89.9 Å². The van der Waals surface area contributed by atoms with Gasteiger partial charge in [0.25, 0.3) is 0 Å². The first kappa shape index (κ1) is 46.0. The van der Waals surface area contributed by atoms with E-state index in [0.717, 1.165) is 74.0 Å². The minimum absolute atomic E-state index is 0.106. The maximum atomic E-state index is 9.87. The van der Waals surface area contributed by atoms with E-state index < -0.39 is 0 Å². The van der Waals surface area contributed by atoms with Crippen LogP contribution < -0.4 is 0 Å². The molecule has 2 nitrogen and oxygen atoms in total. The third-order valence-electron chi connectivity index (χ3n) is 11.1. The molecule has 0 saturated carbocycles. The predicted molar refractivity (Wildman–Crippen MR) is 200 cm³/mol. The van der Waals surface area contributed by atoms with Crippen LogP contribution in [0.3, 0.4) is 0 Å². The molecule has 0 fully saturated rings. The number of aliphatic hydroxyl groups is 2. The van der Waals surface area contributed by atoms with E-state index in [0.29, 0.717) is 11.8 Å². The standard InChI is InChI=1S/C24H50.C18H38O2/c1-19(2)23(20(3)4)17-15-13-11-9-10-12-14-16-18-24(21(5)6)22(7)8;1-5-15(3)17(19)13-11-9-7-8-10-12-14-18(20)16(4)6-2/h19-24H,9-18H2,1-8H3;15-20H,5-14H2,1-4H3. The highest BCUT2D eigenvalue weighted by molar-refractivity contribution is 4.68. The third kappa shape index (κ3) is 26.0. The number of hydrogen-bond acceptors (Lipinski definition) is 2. The summed E-state index contributed by atoms with van der Waals surface area (Å²) in [7, 11) is 0. The van der Waals surface area contributed by atoms with E-state index in [9.17, 15) is 10.2 Å². The van der Waals surface area contributed by atoms with Crippen LogP contribution in [-0.2, 0) is 0 Å². The van der Waals surface area contributed by atoms with Gasteiger partial charge in [0.15, 0.2) is 0 Å². The zero-order valence-corrected chi connectivity index (χ0v) is 32.8. The van der Waals surface area contributed by atoms with Crippen molar-refractivity contribution in [2.24, 2.45) is 47.3 Å². The Labute approximate surface area is 280 Å². The minimum Gasteiger partial charge on any atom is -0.393 e. The SMILES string of the molecule is CC(C)C(CCCCCCCCCCC(C(C)C)C(C)C)C(C)C.CCC(C)C(O)CCCCCCCCC(O)C(C)CC. The molecule has 2 N–H and O–H groups in total. The van der Waals surface area contributed by atoms with E-state index in [1.807, 2.05) is 0 Å². The van der Waals surface area contributed by atoms with E-state index >= 15 is 0 Å². The maximum Gasteiger partial charge on any atom is 0.0565 e. The summed E-state index contributed by atoms with van der Waals surface area (Å²) in [5.74, 6) is 6.15. The van der Waals surface area contributed by atoms with Crippen molar-refractivity contribution in [3.05, 3.63) is 0 Å². The second-order valence-electron chi connectivity index (χ2n) is 16.3. The Morgan fingerprint density at radius 2 is 0.523 bits per heavy atom. The maximum absolute atomic E-state index is 9.87. The summed E-state index contributed by atoms with van der Waals surface area (Å²) in [4.78, 5) is 0. The molecule has 0 rings (SSSR count). The molecule has 0 bridgehead atoms. The predicted octanol–water partition coefficient (Wildman–Crippen LogP) is 13.7. The second kappa shape index (κ2) is 30.3. The average molecular weight is 625 g/mol. The van der Waals surface area contributed by atoms with Gasteiger partial charge in [-0.05, 0) is 73.0 Å². The fourth-order valence-corrected chi connectivity index (χ4v) is 7.22. The van der Waals surface area contributed by atoms with Gasteiger partial charge in [0.1, 0.15) is 0 Å². The summed E-state index contributed by atoms with van der Waals surface area (Å²) < 4.78 is 0. The summed E-state index contributed by atoms with van der Waals surface area (Å²) in [5, 5.41) is 19.7. The summed E-state index contributed by atoms with van der Waals surface area (Å²) in [6.45, 7) is 27.7. The summed E-state index contributed by atoms with van der Waals surface area (Å²) in [5.41, 5.74) is 0. The Bertz CT molecular complexity index is 502. The van der Waals surface area contributed by atoms with Gasteiger partial charge in [-0.2, -0.15) is 0 Å². The van der Waals surface area contributed by atoms with Crippen LogP contribution in [0.1, 0.15) is 212 Å². The Morgan fingerprint density at radius 1 is 0.318 bits per heavy atom. The fourth-order valence-electron chi connectivity index (χ4n) is 7.22. The van der Waals surface area contributed by atoms with Crippen LogP contribution in [0.25, 0.3) is 0 Å². The molecule has 0 aliphatic rings. The molecule has 4 atom stereocenters. The molecule has 0 amide bonds. The van der Waals surface area contributed by atoms with E-state index in [4.69, 9.17) is 0 Å². The zero-order valence-electron chi connectivity index (χ0n) is 32.8. The lowest BCUT2D eigenvalue weighted by Crippen LogP contribution is -2.16. The molecule has 0 aromatic heterocycles. The molecular formula is C42H88O2. The molecule has 44 heavy (non-hydrogen) atoms. The van der Waals surface area contributed by atoms with Gasteiger partial charge in [-0.15, -0.1) is 0 Å². The second-order valence-corrected chi connectivity index (χ2v) is 16.3. The fraction of sp³-hybridized carbons (Fsp3) is 1.00. The van der Waals surface area contributed by atoms with Crippen LogP contribution in [-0.4, -0.2) is 22.4 Å². The summed E-state index contributed by atoms with van der Waals surface area (Å²) >= 11 is 0. The molecule has 2 heteroatoms. The largest absolute Gasteiger partial charge is 0.393 e. The Morgan fingerprint density at radius 3 is 0.727 bits per heavy atom. The first-order valence-electron chi connectivity index (χ1n) is 20.2. The quantitative estimate of drug-likeness (QED) is 0.0850. The van der Waals surface area contributed by atoms with Crippen molar-refractivity contribution in [2.75, 3.05) is 0 Å². The minimum atomic E-state index is -0.106. The number of unbranched alkanes of at least 4 members (excludes halogenated alkanes) is 12. The van der Waals surface area contributed by atoms with Crippen LogP contribution >= 0.6 is 0 Å². The molecule has 0 aromatic rings. The van der Waals surface area contributed by atoms with E-state index in [2.05, 4.69) is 83.1 Å². The first-order valence-corrected chi connectivity index (χ1v) is 20.2. The Balaban J connectivity index is 0. The van der Waals surface area contributed by atoms with Crippen molar-refractivity contribution in [3.8, 4) is 0 Å². The molecule has 0 aromatic carbocycles. The summed E-state index contributed by atoms with van der Waals surface area (Å²) in [6.07, 6.45) is 25.7. The van der Waals surface area contributed by atoms with Gasteiger partial charge < -0.3 is 10.2 Å². The molecule has 4 unspecified atom stereocenters. The van der Waals surface area contributed by atoms with Crippen molar-refractivity contribution in [2.45, 2.75) is 224 Å². The van der Waals surface area contributed by atoms with Crippen LogP contribution in [0.5, 0.6) is 0 Å². The van der Waals surface area contributed by atoms with Gasteiger partial charge in [0.05, 0.1) is 12.2 Å². The molecule has 0 spiro atoms. The van der Waals surface area contributed by atoms with Crippen molar-refractivity contribution >= 4 is 0 Å². The lowest BCUT2D eigenvalue weighted by molar-refractivity contribution is 0.101. The van der Waals surface area contributed by atoms with Crippen molar-refractivity contribution in [1.29, 1.82) is 0 Å². The van der Waals surface area contributed by atoms with Crippen LogP contribution in [0.15, 0.2) is 0 Å². The number of aliphatic hydroxyl groups excluding tert-OH is 2. The van der Waals surface area contributed by atoms with Gasteiger partial charge >= 0.3 is 0 Å². The Kier molecular flexibility index (Phi) is 31.7. The molecule has 0 heterocycles. The summed E-state index contributed by atoms with van der Waals surface area (Å²) in [6, 6.07) is 0. The Hall–Kier alpha value is -0.0800. The van der Waals surface area contributed by atoms with Crippen LogP contribution in [0.4, 0.5) is 0 Å². The van der Waals surface area contributed by atoms with Gasteiger partial charge in [-0.1, -0.05) is 186 Å². The van der Waals surface area contributed by atoms with E-state index in [-0.39, 0.29) is 12.2 Å². The normalized spacial score (nSPS) is 15.0. The first-order chi connectivity index (χ1) is 20.8. The van der Waals surface area contributed by atoms with Crippen LogP contribution in [0.2, 0.25) is 0 Å². The molecule has 0 aliphatic carbocycles.